The highest BCUT2D eigenvalue weighted by molar-refractivity contribution is 5.96. The molecule has 0 aliphatic heterocycles. The molecule has 0 aromatic carbocycles. The number of tetrazole rings is 1. The van der Waals surface area contributed by atoms with Crippen LogP contribution in [0.25, 0.3) is 0 Å². The first-order chi connectivity index (χ1) is 16.1. The number of nitrogen functional groups attached to an aromatic ring is 2. The highest BCUT2D eigenvalue weighted by Gasteiger charge is 2.24. The monoisotopic (exact) mass is 475 g/mol. The molecule has 3 aromatic heterocycles. The van der Waals surface area contributed by atoms with Crippen molar-refractivity contribution in [1.82, 2.24) is 40.9 Å². The van der Waals surface area contributed by atoms with Gasteiger partial charge in [0.1, 0.15) is 17.7 Å². The van der Waals surface area contributed by atoms with Crippen molar-refractivity contribution in [3.63, 3.8) is 0 Å². The van der Waals surface area contributed by atoms with Crippen LogP contribution in [-0.4, -0.2) is 64.5 Å². The second kappa shape index (κ2) is 10.1. The fraction of sp³-hybridized carbons (Fsp3) is 0.235. The molecule has 0 aliphatic rings. The zero-order valence-corrected chi connectivity index (χ0v) is 17.2. The van der Waals surface area contributed by atoms with Gasteiger partial charge >= 0.3 is 5.97 Å². The molecule has 16 nitrogen and oxygen atoms in total. The van der Waals surface area contributed by atoms with Gasteiger partial charge in [0.25, 0.3) is 11.5 Å². The molecule has 0 saturated heterocycles. The second-order valence-electron chi connectivity index (χ2n) is 6.85. The average molecular weight is 475 g/mol. The van der Waals surface area contributed by atoms with E-state index in [-0.39, 0.29) is 35.9 Å². The Bertz CT molecular complexity index is 1280. The standard InChI is InChI=1S/C17H18FN11O5/c18-8-3-6(22-11(30)4-7-13(19)24-17(20)25-14(7)31)5-21-12(8)15(32)23-9(16(33)34)1-2-10-26-28-29-27-10/h3,5,9H,1-2,4H2,(H,22,30)(H,23,32)(H,33,34)(H,26,27,28,29)(H5,19,20,24,25,31). The van der Waals surface area contributed by atoms with Crippen molar-refractivity contribution >= 4 is 35.2 Å². The van der Waals surface area contributed by atoms with Crippen molar-refractivity contribution in [2.75, 3.05) is 16.8 Å². The topological polar surface area (TPSA) is 261 Å². The summed E-state index contributed by atoms with van der Waals surface area (Å²) in [5.41, 5.74) is 9.29. The van der Waals surface area contributed by atoms with Crippen molar-refractivity contribution in [2.45, 2.75) is 25.3 Å². The molecule has 0 spiro atoms. The summed E-state index contributed by atoms with van der Waals surface area (Å²) in [5.74, 6) is -4.43. The zero-order valence-electron chi connectivity index (χ0n) is 17.2. The predicted octanol–water partition coefficient (Wildman–Crippen LogP) is -2.02. The Balaban J connectivity index is 1.64. The number of amides is 2. The van der Waals surface area contributed by atoms with Crippen molar-refractivity contribution < 1.29 is 23.9 Å². The van der Waals surface area contributed by atoms with E-state index in [9.17, 15) is 28.7 Å². The normalized spacial score (nSPS) is 11.6. The van der Waals surface area contributed by atoms with E-state index < -0.39 is 47.3 Å². The van der Waals surface area contributed by atoms with E-state index in [4.69, 9.17) is 11.5 Å². The van der Waals surface area contributed by atoms with E-state index in [1.807, 2.05) is 0 Å². The highest BCUT2D eigenvalue weighted by Crippen LogP contribution is 2.13. The third kappa shape index (κ3) is 5.84. The number of hydrogen-bond acceptors (Lipinski definition) is 11. The number of aliphatic carboxylic acids is 1. The minimum atomic E-state index is -1.37. The molecule has 1 unspecified atom stereocenters. The van der Waals surface area contributed by atoms with Gasteiger partial charge in [-0.05, 0) is 16.8 Å². The van der Waals surface area contributed by atoms with Crippen LogP contribution in [0.1, 0.15) is 28.3 Å². The third-order valence-corrected chi connectivity index (χ3v) is 4.41. The number of carbonyl (C=O) groups excluding carboxylic acids is 2. The lowest BCUT2D eigenvalue weighted by atomic mass is 10.1. The number of aromatic nitrogens is 7. The Hall–Kier alpha value is -4.96. The number of carboxylic acid groups (broad SMARTS) is 1. The van der Waals surface area contributed by atoms with Crippen LogP contribution in [0.2, 0.25) is 0 Å². The van der Waals surface area contributed by atoms with Gasteiger partial charge in [-0.15, -0.1) is 5.10 Å². The molecule has 1 atom stereocenters. The van der Waals surface area contributed by atoms with E-state index in [0.29, 0.717) is 5.82 Å². The molecule has 9 N–H and O–H groups in total. The van der Waals surface area contributed by atoms with Gasteiger partial charge in [-0.25, -0.2) is 19.3 Å². The van der Waals surface area contributed by atoms with Gasteiger partial charge in [-0.1, -0.05) is 0 Å². The van der Waals surface area contributed by atoms with Crippen LogP contribution in [0.15, 0.2) is 17.1 Å². The Morgan fingerprint density at radius 2 is 2.03 bits per heavy atom. The van der Waals surface area contributed by atoms with Crippen molar-refractivity contribution in [3.05, 3.63) is 45.5 Å². The molecule has 0 saturated carbocycles. The number of nitrogens with one attached hydrogen (secondary N) is 4. The third-order valence-electron chi connectivity index (χ3n) is 4.41. The molecular weight excluding hydrogens is 457 g/mol. The lowest BCUT2D eigenvalue weighted by Gasteiger charge is -2.14. The van der Waals surface area contributed by atoms with Gasteiger partial charge < -0.3 is 27.2 Å². The summed E-state index contributed by atoms with van der Waals surface area (Å²) in [6.45, 7) is 0. The quantitative estimate of drug-likeness (QED) is 0.177. The number of carbonyl (C=O) groups is 3. The molecule has 34 heavy (non-hydrogen) atoms. The van der Waals surface area contributed by atoms with Crippen LogP contribution in [0.4, 0.5) is 21.8 Å². The maximum absolute atomic E-state index is 14.5. The lowest BCUT2D eigenvalue weighted by molar-refractivity contribution is -0.139. The summed E-state index contributed by atoms with van der Waals surface area (Å²) in [5, 5.41) is 26.5. The van der Waals surface area contributed by atoms with Crippen LogP contribution >= 0.6 is 0 Å². The first-order valence-corrected chi connectivity index (χ1v) is 9.49. The fourth-order valence-electron chi connectivity index (χ4n) is 2.79. The zero-order chi connectivity index (χ0) is 24.8. The van der Waals surface area contributed by atoms with Crippen molar-refractivity contribution in [2.24, 2.45) is 0 Å². The molecule has 17 heteroatoms. The first kappa shape index (κ1) is 23.7. The van der Waals surface area contributed by atoms with Gasteiger partial charge in [-0.3, -0.25) is 19.4 Å². The summed E-state index contributed by atoms with van der Waals surface area (Å²) in [4.78, 5) is 57.3. The molecule has 3 rings (SSSR count). The van der Waals surface area contributed by atoms with Crippen LogP contribution < -0.4 is 27.7 Å². The van der Waals surface area contributed by atoms with E-state index in [1.165, 1.54) is 0 Å². The minimum Gasteiger partial charge on any atom is -0.480 e. The van der Waals surface area contributed by atoms with E-state index in [1.54, 1.807) is 0 Å². The maximum Gasteiger partial charge on any atom is 0.326 e. The summed E-state index contributed by atoms with van der Waals surface area (Å²) in [6, 6.07) is -0.555. The Morgan fingerprint density at radius 3 is 2.65 bits per heavy atom. The van der Waals surface area contributed by atoms with E-state index >= 15 is 0 Å². The molecule has 3 heterocycles. The van der Waals surface area contributed by atoms with Crippen LogP contribution in [-0.2, 0) is 22.4 Å². The van der Waals surface area contributed by atoms with Crippen LogP contribution in [0, 0.1) is 5.82 Å². The SMILES string of the molecule is Nc1nc(N)c(CC(=O)Nc2cnc(C(=O)NC(CCc3nnn[nH]3)C(=O)O)c(F)c2)c(=O)[nH]1. The summed E-state index contributed by atoms with van der Waals surface area (Å²) in [6.07, 6.45) is 0.540. The van der Waals surface area contributed by atoms with Gasteiger partial charge in [0.05, 0.1) is 23.9 Å². The summed E-state index contributed by atoms with van der Waals surface area (Å²) < 4.78 is 14.5. The summed E-state index contributed by atoms with van der Waals surface area (Å²) in [7, 11) is 0. The number of pyridine rings is 1. The number of hydrogen-bond donors (Lipinski definition) is 7. The molecule has 0 bridgehead atoms. The minimum absolute atomic E-state index is 0.0735. The number of nitrogens with two attached hydrogens (primary N) is 2. The van der Waals surface area contributed by atoms with Crippen molar-refractivity contribution in [1.29, 1.82) is 0 Å². The van der Waals surface area contributed by atoms with Crippen LogP contribution in [0.5, 0.6) is 0 Å². The number of halogens is 1. The first-order valence-electron chi connectivity index (χ1n) is 9.49. The number of carboxylic acids is 1. The van der Waals surface area contributed by atoms with Gasteiger partial charge in [-0.2, -0.15) is 4.98 Å². The largest absolute Gasteiger partial charge is 0.480 e. The average Bonchev–Trinajstić information content (AvgIpc) is 3.27. The van der Waals surface area contributed by atoms with Crippen LogP contribution in [0.3, 0.4) is 0 Å². The number of anilines is 3. The van der Waals surface area contributed by atoms with Gasteiger partial charge in [0.15, 0.2) is 11.5 Å². The molecule has 2 amide bonds. The molecule has 3 aromatic rings. The fourth-order valence-corrected chi connectivity index (χ4v) is 2.79. The molecule has 0 fully saturated rings. The molecule has 178 valence electrons. The second-order valence-corrected chi connectivity index (χ2v) is 6.85. The number of nitrogens with zero attached hydrogens (tertiary/aromatic N) is 5. The number of aromatic amines is 2. The van der Waals surface area contributed by atoms with E-state index in [0.717, 1.165) is 12.3 Å². The Labute approximate surface area is 188 Å². The molecular formula is C17H18FN11O5. The lowest BCUT2D eigenvalue weighted by Crippen LogP contribution is -2.41. The molecule has 0 radical (unpaired) electrons. The van der Waals surface area contributed by atoms with Crippen molar-refractivity contribution in [3.8, 4) is 0 Å². The highest BCUT2D eigenvalue weighted by atomic mass is 19.1. The number of H-pyrrole nitrogens is 2. The number of rotatable bonds is 9. The van der Waals surface area contributed by atoms with E-state index in [2.05, 4.69) is 46.2 Å². The summed E-state index contributed by atoms with van der Waals surface area (Å²) >= 11 is 0. The number of aryl methyl sites for hydroxylation is 1. The maximum atomic E-state index is 14.5. The predicted molar refractivity (Wildman–Crippen MR) is 112 cm³/mol. The molecule has 0 aliphatic carbocycles. The Morgan fingerprint density at radius 1 is 1.26 bits per heavy atom. The Kier molecular flexibility index (Phi) is 7.04. The van der Waals surface area contributed by atoms with Gasteiger partial charge in [0.2, 0.25) is 11.9 Å². The van der Waals surface area contributed by atoms with Gasteiger partial charge in [0, 0.05) is 12.5 Å². The smallest absolute Gasteiger partial charge is 0.326 e.